The zero-order valence-corrected chi connectivity index (χ0v) is 12.1. The Kier molecular flexibility index (Phi) is 6.27. The molecule has 2 rings (SSSR count). The van der Waals surface area contributed by atoms with E-state index in [0.717, 1.165) is 0 Å². The summed E-state index contributed by atoms with van der Waals surface area (Å²) < 4.78 is 15.5. The van der Waals surface area contributed by atoms with Gasteiger partial charge in [0.25, 0.3) is 0 Å². The fourth-order valence-electron chi connectivity index (χ4n) is 2.60. The molecule has 2 fully saturated rings. The van der Waals surface area contributed by atoms with Gasteiger partial charge in [-0.15, -0.1) is 0 Å². The third-order valence-electron chi connectivity index (χ3n) is 4.06. The Labute approximate surface area is 131 Å². The molecule has 11 nitrogen and oxygen atoms in total. The third-order valence-corrected chi connectivity index (χ3v) is 4.06. The minimum atomic E-state index is -1.68. The maximum Gasteiger partial charge on any atom is 0.187 e. The van der Waals surface area contributed by atoms with Crippen LogP contribution >= 0.6 is 0 Å². The second-order valence-electron chi connectivity index (χ2n) is 5.61. The van der Waals surface area contributed by atoms with E-state index < -0.39 is 74.6 Å². The molecule has 0 aromatic rings. The normalized spacial score (nSPS) is 51.7. The standard InChI is InChI=1S/C12H23NO10/c13-5-7(17)10(4(2-15)21-11(5)20)23-12-9(19)8(18)6(16)3(1-14)22-12/h3-12,14-20H,1-2,13H2/t3-,4-,5-,6+,7-,8+,9-,10?,11-,12+/m1/s1. The van der Waals surface area contributed by atoms with Crippen LogP contribution in [0.5, 0.6) is 0 Å². The summed E-state index contributed by atoms with van der Waals surface area (Å²) in [6, 6.07) is -1.23. The Hall–Kier alpha value is -0.440. The number of rotatable bonds is 4. The highest BCUT2D eigenvalue weighted by atomic mass is 16.7. The molecule has 0 aromatic heterocycles. The van der Waals surface area contributed by atoms with Gasteiger partial charge in [0.2, 0.25) is 0 Å². The second kappa shape index (κ2) is 7.63. The van der Waals surface area contributed by atoms with Gasteiger partial charge in [-0.05, 0) is 0 Å². The van der Waals surface area contributed by atoms with E-state index in [9.17, 15) is 30.6 Å². The van der Waals surface area contributed by atoms with Crippen molar-refractivity contribution in [3.63, 3.8) is 0 Å². The second-order valence-corrected chi connectivity index (χ2v) is 5.61. The summed E-state index contributed by atoms with van der Waals surface area (Å²) in [4.78, 5) is 0. The number of aliphatic hydroxyl groups is 7. The molecule has 2 aliphatic heterocycles. The van der Waals surface area contributed by atoms with E-state index in [1.165, 1.54) is 0 Å². The largest absolute Gasteiger partial charge is 0.394 e. The van der Waals surface area contributed by atoms with Gasteiger partial charge in [-0.2, -0.15) is 0 Å². The number of ether oxygens (including phenoxy) is 3. The summed E-state index contributed by atoms with van der Waals surface area (Å²) in [5.41, 5.74) is 5.55. The molecular formula is C12H23NO10. The van der Waals surface area contributed by atoms with Crippen molar-refractivity contribution in [2.75, 3.05) is 13.2 Å². The molecule has 0 saturated carbocycles. The molecule has 0 amide bonds. The van der Waals surface area contributed by atoms with E-state index in [4.69, 9.17) is 25.1 Å². The summed E-state index contributed by atoms with van der Waals surface area (Å²) in [5.74, 6) is 0. The molecule has 0 aliphatic carbocycles. The van der Waals surface area contributed by atoms with Gasteiger partial charge in [-0.1, -0.05) is 0 Å². The first-order valence-corrected chi connectivity index (χ1v) is 7.15. The van der Waals surface area contributed by atoms with Crippen molar-refractivity contribution in [1.82, 2.24) is 0 Å². The SMILES string of the molecule is N[C@H]1[C@H](O)O[C@H](CO)C(O[C@@H]2O[C@H](CO)[C@H](O)[C@H](O)[C@H]2O)[C@@H]1O. The van der Waals surface area contributed by atoms with Crippen LogP contribution in [0.25, 0.3) is 0 Å². The van der Waals surface area contributed by atoms with Crippen molar-refractivity contribution in [3.8, 4) is 0 Å². The summed E-state index contributed by atoms with van der Waals surface area (Å²) in [7, 11) is 0. The molecule has 10 atom stereocenters. The zero-order valence-electron chi connectivity index (χ0n) is 12.1. The highest BCUT2D eigenvalue weighted by molar-refractivity contribution is 4.94. The fraction of sp³-hybridized carbons (Fsp3) is 1.00. The van der Waals surface area contributed by atoms with E-state index in [1.54, 1.807) is 0 Å². The van der Waals surface area contributed by atoms with Gasteiger partial charge in [-0.3, -0.25) is 0 Å². The number of aliphatic hydroxyl groups excluding tert-OH is 7. The van der Waals surface area contributed by atoms with Crippen LogP contribution in [0.15, 0.2) is 0 Å². The van der Waals surface area contributed by atoms with Crippen molar-refractivity contribution in [2.24, 2.45) is 5.73 Å². The maximum absolute atomic E-state index is 10.1. The molecule has 23 heavy (non-hydrogen) atoms. The Morgan fingerprint density at radius 2 is 1.39 bits per heavy atom. The minimum absolute atomic E-state index is 0.622. The van der Waals surface area contributed by atoms with Gasteiger partial charge in [0.05, 0.1) is 19.3 Å². The lowest BCUT2D eigenvalue weighted by atomic mass is 9.96. The summed E-state index contributed by atoms with van der Waals surface area (Å²) in [5, 5.41) is 67.3. The van der Waals surface area contributed by atoms with Gasteiger partial charge in [0.15, 0.2) is 12.6 Å². The minimum Gasteiger partial charge on any atom is -0.394 e. The first kappa shape index (κ1) is 18.9. The van der Waals surface area contributed by atoms with Crippen LogP contribution in [0.3, 0.4) is 0 Å². The fourth-order valence-corrected chi connectivity index (χ4v) is 2.60. The van der Waals surface area contributed by atoms with Crippen LogP contribution in [0, 0.1) is 0 Å². The first-order valence-electron chi connectivity index (χ1n) is 7.15. The van der Waals surface area contributed by atoms with Crippen molar-refractivity contribution < 1.29 is 50.0 Å². The van der Waals surface area contributed by atoms with Crippen LogP contribution in [0.2, 0.25) is 0 Å². The van der Waals surface area contributed by atoms with Crippen molar-refractivity contribution in [3.05, 3.63) is 0 Å². The molecule has 136 valence electrons. The van der Waals surface area contributed by atoms with Gasteiger partial charge >= 0.3 is 0 Å². The van der Waals surface area contributed by atoms with Gasteiger partial charge < -0.3 is 55.7 Å². The smallest absolute Gasteiger partial charge is 0.187 e. The highest BCUT2D eigenvalue weighted by Gasteiger charge is 2.49. The zero-order chi connectivity index (χ0) is 17.3. The van der Waals surface area contributed by atoms with E-state index in [-0.39, 0.29) is 0 Å². The van der Waals surface area contributed by atoms with Crippen LogP contribution in [0.1, 0.15) is 0 Å². The molecule has 11 heteroatoms. The predicted molar refractivity (Wildman–Crippen MR) is 70.6 cm³/mol. The molecule has 1 unspecified atom stereocenters. The van der Waals surface area contributed by atoms with Crippen LogP contribution in [-0.2, 0) is 14.2 Å². The molecule has 2 heterocycles. The van der Waals surface area contributed by atoms with E-state index in [2.05, 4.69) is 0 Å². The van der Waals surface area contributed by atoms with Crippen LogP contribution in [0.4, 0.5) is 0 Å². The Bertz CT molecular complexity index is 383. The molecule has 9 N–H and O–H groups in total. The molecule has 0 aromatic carbocycles. The lowest BCUT2D eigenvalue weighted by Crippen LogP contribution is -2.66. The van der Waals surface area contributed by atoms with Crippen LogP contribution in [-0.4, -0.2) is 110 Å². The molecular weight excluding hydrogens is 318 g/mol. The summed E-state index contributed by atoms with van der Waals surface area (Å²) in [6.07, 6.45) is -13.0. The maximum atomic E-state index is 10.1. The van der Waals surface area contributed by atoms with E-state index in [0.29, 0.717) is 0 Å². The van der Waals surface area contributed by atoms with E-state index in [1.807, 2.05) is 0 Å². The Morgan fingerprint density at radius 3 is 1.96 bits per heavy atom. The first-order chi connectivity index (χ1) is 10.8. The molecule has 0 bridgehead atoms. The monoisotopic (exact) mass is 341 g/mol. The third kappa shape index (κ3) is 3.65. The Balaban J connectivity index is 2.11. The van der Waals surface area contributed by atoms with Crippen molar-refractivity contribution >= 4 is 0 Å². The number of hydrogen-bond donors (Lipinski definition) is 8. The van der Waals surface area contributed by atoms with Gasteiger partial charge in [-0.25, -0.2) is 0 Å². The van der Waals surface area contributed by atoms with Crippen LogP contribution < -0.4 is 5.73 Å². The number of nitrogens with two attached hydrogens (primary N) is 1. The predicted octanol–water partition coefficient (Wildman–Crippen LogP) is -5.43. The van der Waals surface area contributed by atoms with Gasteiger partial charge in [0.1, 0.15) is 42.7 Å². The lowest BCUT2D eigenvalue weighted by Gasteiger charge is -2.45. The van der Waals surface area contributed by atoms with Crippen molar-refractivity contribution in [2.45, 2.75) is 61.3 Å². The van der Waals surface area contributed by atoms with E-state index >= 15 is 0 Å². The molecule has 0 radical (unpaired) electrons. The summed E-state index contributed by atoms with van der Waals surface area (Å²) in [6.45, 7) is -1.26. The molecule has 2 saturated heterocycles. The lowest BCUT2D eigenvalue weighted by molar-refractivity contribution is -0.344. The Morgan fingerprint density at radius 1 is 0.783 bits per heavy atom. The summed E-state index contributed by atoms with van der Waals surface area (Å²) >= 11 is 0. The average Bonchev–Trinajstić information content (AvgIpc) is 2.55. The van der Waals surface area contributed by atoms with Crippen molar-refractivity contribution in [1.29, 1.82) is 0 Å². The quantitative estimate of drug-likeness (QED) is 0.243. The highest BCUT2D eigenvalue weighted by Crippen LogP contribution is 2.27. The molecule has 0 spiro atoms. The van der Waals surface area contributed by atoms with Gasteiger partial charge in [0, 0.05) is 0 Å². The molecule has 2 aliphatic rings. The topological polar surface area (TPSA) is 195 Å². The average molecular weight is 341 g/mol. The number of hydrogen-bond acceptors (Lipinski definition) is 11.